The number of nitrogens with one attached hydrogen (secondary N) is 1. The van der Waals surface area contributed by atoms with Crippen molar-refractivity contribution >= 4 is 11.8 Å². The van der Waals surface area contributed by atoms with Gasteiger partial charge < -0.3 is 14.2 Å². The van der Waals surface area contributed by atoms with Crippen LogP contribution in [0.5, 0.6) is 0 Å². The number of pyridine rings is 1. The predicted molar refractivity (Wildman–Crippen MR) is 108 cm³/mol. The van der Waals surface area contributed by atoms with Crippen LogP contribution in [-0.4, -0.2) is 56.4 Å². The lowest BCUT2D eigenvalue weighted by molar-refractivity contribution is -0.135. The van der Waals surface area contributed by atoms with Crippen molar-refractivity contribution in [2.75, 3.05) is 19.6 Å². The molecule has 30 heavy (non-hydrogen) atoms. The van der Waals surface area contributed by atoms with E-state index in [-0.39, 0.29) is 11.8 Å². The number of likely N-dealkylation sites (tertiary alicyclic amines) is 2. The Bertz CT molecular complexity index is 1090. The molecule has 8 nitrogen and oxygen atoms in total. The van der Waals surface area contributed by atoms with Gasteiger partial charge in [0.05, 0.1) is 17.7 Å². The van der Waals surface area contributed by atoms with Gasteiger partial charge in [0.2, 0.25) is 5.91 Å². The highest BCUT2D eigenvalue weighted by Gasteiger charge is 2.51. The summed E-state index contributed by atoms with van der Waals surface area (Å²) in [7, 11) is 0. The van der Waals surface area contributed by atoms with Gasteiger partial charge in [0.1, 0.15) is 11.5 Å². The van der Waals surface area contributed by atoms with E-state index in [1.165, 1.54) is 0 Å². The molecule has 5 heterocycles. The Kier molecular flexibility index (Phi) is 4.42. The SMILES string of the molecule is Cc1ccc(-c2cc(C(=O)N3CCC4(CCN(Cc5ccccn5)C4=O)C3)n[nH]2)o1. The second kappa shape index (κ2) is 7.12. The molecule has 0 radical (unpaired) electrons. The molecule has 1 N–H and O–H groups in total. The van der Waals surface area contributed by atoms with Crippen LogP contribution in [0.15, 0.2) is 47.0 Å². The molecule has 1 atom stereocenters. The van der Waals surface area contributed by atoms with Gasteiger partial charge in [0, 0.05) is 31.9 Å². The molecule has 2 amide bonds. The number of aromatic nitrogens is 3. The third kappa shape index (κ3) is 3.18. The van der Waals surface area contributed by atoms with Gasteiger partial charge in [0.25, 0.3) is 5.91 Å². The fourth-order valence-corrected chi connectivity index (χ4v) is 4.45. The van der Waals surface area contributed by atoms with Crippen molar-refractivity contribution in [3.05, 3.63) is 59.7 Å². The van der Waals surface area contributed by atoms with Crippen LogP contribution in [0, 0.1) is 12.3 Å². The first-order valence-electron chi connectivity index (χ1n) is 10.1. The number of hydrogen-bond acceptors (Lipinski definition) is 5. The lowest BCUT2D eigenvalue weighted by Gasteiger charge is -2.23. The summed E-state index contributed by atoms with van der Waals surface area (Å²) in [5.41, 5.74) is 1.40. The quantitative estimate of drug-likeness (QED) is 0.720. The molecule has 3 aromatic rings. The minimum Gasteiger partial charge on any atom is -0.460 e. The molecular weight excluding hydrogens is 382 g/mol. The molecule has 2 saturated heterocycles. The number of nitrogens with zero attached hydrogens (tertiary/aromatic N) is 4. The summed E-state index contributed by atoms with van der Waals surface area (Å²) < 4.78 is 5.59. The third-order valence-corrected chi connectivity index (χ3v) is 6.12. The number of hydrogen-bond donors (Lipinski definition) is 1. The number of aromatic amines is 1. The molecule has 2 aliphatic heterocycles. The minimum absolute atomic E-state index is 0.122. The summed E-state index contributed by atoms with van der Waals surface area (Å²) in [4.78, 5) is 34.1. The molecule has 0 aliphatic carbocycles. The summed E-state index contributed by atoms with van der Waals surface area (Å²) in [6.07, 6.45) is 3.19. The lowest BCUT2D eigenvalue weighted by Crippen LogP contribution is -2.38. The van der Waals surface area contributed by atoms with Gasteiger partial charge in [-0.2, -0.15) is 5.10 Å². The maximum absolute atomic E-state index is 13.2. The molecule has 1 unspecified atom stereocenters. The number of carbonyl (C=O) groups is 2. The van der Waals surface area contributed by atoms with Crippen molar-refractivity contribution in [3.63, 3.8) is 0 Å². The average molecular weight is 405 g/mol. The molecule has 5 rings (SSSR count). The normalized spacial score (nSPS) is 21.2. The van der Waals surface area contributed by atoms with E-state index < -0.39 is 5.41 Å². The van der Waals surface area contributed by atoms with Crippen molar-refractivity contribution in [2.45, 2.75) is 26.3 Å². The first-order valence-corrected chi connectivity index (χ1v) is 10.1. The second-order valence-electron chi connectivity index (χ2n) is 8.13. The Hall–Kier alpha value is -3.42. The average Bonchev–Trinajstić information content (AvgIpc) is 3.54. The monoisotopic (exact) mass is 405 g/mol. The van der Waals surface area contributed by atoms with E-state index >= 15 is 0 Å². The van der Waals surface area contributed by atoms with E-state index in [4.69, 9.17) is 4.42 Å². The summed E-state index contributed by atoms with van der Waals surface area (Å²) >= 11 is 0. The maximum Gasteiger partial charge on any atom is 0.274 e. The van der Waals surface area contributed by atoms with Gasteiger partial charge in [-0.1, -0.05) is 6.07 Å². The molecule has 2 fully saturated rings. The van der Waals surface area contributed by atoms with Crippen LogP contribution in [0.2, 0.25) is 0 Å². The maximum atomic E-state index is 13.2. The van der Waals surface area contributed by atoms with Crippen molar-refractivity contribution < 1.29 is 14.0 Å². The standard InChI is InChI=1S/C22H23N5O3/c1-15-5-6-19(30-15)17-12-18(25-24-17)20(28)27-11-8-22(14-27)7-10-26(21(22)29)13-16-4-2-3-9-23-16/h2-6,9,12H,7-8,10-11,13-14H2,1H3,(H,24,25). The number of aryl methyl sites for hydroxylation is 1. The fraction of sp³-hybridized carbons (Fsp3) is 0.364. The topological polar surface area (TPSA) is 95.3 Å². The zero-order chi connectivity index (χ0) is 20.7. The minimum atomic E-state index is -0.484. The van der Waals surface area contributed by atoms with Crippen LogP contribution in [0.25, 0.3) is 11.5 Å². The van der Waals surface area contributed by atoms with Gasteiger partial charge in [-0.25, -0.2) is 0 Å². The smallest absolute Gasteiger partial charge is 0.274 e. The van der Waals surface area contributed by atoms with Gasteiger partial charge >= 0.3 is 0 Å². The van der Waals surface area contributed by atoms with Crippen LogP contribution in [-0.2, 0) is 11.3 Å². The van der Waals surface area contributed by atoms with Crippen molar-refractivity contribution in [1.29, 1.82) is 0 Å². The van der Waals surface area contributed by atoms with Crippen LogP contribution >= 0.6 is 0 Å². The zero-order valence-electron chi connectivity index (χ0n) is 16.8. The van der Waals surface area contributed by atoms with Crippen molar-refractivity contribution in [2.24, 2.45) is 5.41 Å². The molecule has 154 valence electrons. The molecule has 2 aliphatic rings. The predicted octanol–water partition coefficient (Wildman–Crippen LogP) is 2.64. The van der Waals surface area contributed by atoms with E-state index in [1.54, 1.807) is 17.2 Å². The molecular formula is C22H23N5O3. The summed E-state index contributed by atoms with van der Waals surface area (Å²) in [6.45, 7) is 4.07. The van der Waals surface area contributed by atoms with E-state index in [2.05, 4.69) is 15.2 Å². The number of carbonyl (C=O) groups excluding carboxylic acids is 2. The van der Waals surface area contributed by atoms with E-state index in [9.17, 15) is 9.59 Å². The largest absolute Gasteiger partial charge is 0.460 e. The van der Waals surface area contributed by atoms with Gasteiger partial charge in [0.15, 0.2) is 11.5 Å². The molecule has 0 aromatic carbocycles. The molecule has 0 bridgehead atoms. The van der Waals surface area contributed by atoms with Crippen LogP contribution in [0.3, 0.4) is 0 Å². The Morgan fingerprint density at radius 3 is 2.87 bits per heavy atom. The molecule has 8 heteroatoms. The molecule has 3 aromatic heterocycles. The summed E-state index contributed by atoms with van der Waals surface area (Å²) in [6, 6.07) is 11.1. The Balaban J connectivity index is 1.27. The van der Waals surface area contributed by atoms with Gasteiger partial charge in [-0.15, -0.1) is 0 Å². The van der Waals surface area contributed by atoms with Crippen LogP contribution in [0.4, 0.5) is 0 Å². The first-order chi connectivity index (χ1) is 14.5. The Morgan fingerprint density at radius 1 is 1.23 bits per heavy atom. The Morgan fingerprint density at radius 2 is 2.10 bits per heavy atom. The van der Waals surface area contributed by atoms with Gasteiger partial charge in [-0.05, 0) is 44.0 Å². The number of amides is 2. The number of furan rings is 1. The van der Waals surface area contributed by atoms with Crippen molar-refractivity contribution in [3.8, 4) is 11.5 Å². The Labute approximate surface area is 173 Å². The zero-order valence-corrected chi connectivity index (χ0v) is 16.8. The number of H-pyrrole nitrogens is 1. The highest BCUT2D eigenvalue weighted by atomic mass is 16.3. The van der Waals surface area contributed by atoms with Crippen LogP contribution in [0.1, 0.15) is 34.8 Å². The lowest BCUT2D eigenvalue weighted by atomic mass is 9.85. The second-order valence-corrected chi connectivity index (χ2v) is 8.13. The first kappa shape index (κ1) is 18.6. The molecule has 1 spiro atoms. The van der Waals surface area contributed by atoms with Gasteiger partial charge in [-0.3, -0.25) is 19.7 Å². The van der Waals surface area contributed by atoms with E-state index in [0.717, 1.165) is 17.9 Å². The highest BCUT2D eigenvalue weighted by molar-refractivity contribution is 5.95. The van der Waals surface area contributed by atoms with Crippen LogP contribution < -0.4 is 0 Å². The fourth-order valence-electron chi connectivity index (χ4n) is 4.45. The van der Waals surface area contributed by atoms with Crippen molar-refractivity contribution in [1.82, 2.24) is 25.0 Å². The number of rotatable bonds is 4. The summed E-state index contributed by atoms with van der Waals surface area (Å²) in [5.74, 6) is 1.41. The third-order valence-electron chi connectivity index (χ3n) is 6.12. The molecule has 0 saturated carbocycles. The van der Waals surface area contributed by atoms with E-state index in [0.29, 0.717) is 49.7 Å². The highest BCUT2D eigenvalue weighted by Crippen LogP contribution is 2.41. The summed E-state index contributed by atoms with van der Waals surface area (Å²) in [5, 5.41) is 7.04. The van der Waals surface area contributed by atoms with E-state index in [1.807, 2.05) is 42.2 Å².